The molecule has 2 rings (SSSR count). The number of hydrogen-bond donors (Lipinski definition) is 2. The van der Waals surface area contributed by atoms with Gasteiger partial charge in [-0.25, -0.2) is 8.42 Å². The van der Waals surface area contributed by atoms with E-state index in [1.807, 2.05) is 12.1 Å². The van der Waals surface area contributed by atoms with Gasteiger partial charge in [0.1, 0.15) is 0 Å². The fraction of sp³-hybridized carbons (Fsp3) is 0.533. The SMILES string of the molecule is CN=C(NCc1ccccc1C)NCC1CCS(=O)(=O)C1. The third-order valence-electron chi connectivity index (χ3n) is 3.82. The van der Waals surface area contributed by atoms with Gasteiger partial charge >= 0.3 is 0 Å². The minimum Gasteiger partial charge on any atom is -0.356 e. The van der Waals surface area contributed by atoms with Crippen molar-refractivity contribution in [3.8, 4) is 0 Å². The van der Waals surface area contributed by atoms with Gasteiger partial charge in [0.25, 0.3) is 0 Å². The fourth-order valence-electron chi connectivity index (χ4n) is 2.48. The first-order valence-electron chi connectivity index (χ1n) is 7.19. The van der Waals surface area contributed by atoms with E-state index in [4.69, 9.17) is 0 Å². The largest absolute Gasteiger partial charge is 0.356 e. The average molecular weight is 309 g/mol. The third kappa shape index (κ3) is 4.74. The predicted octanol–water partition coefficient (Wildman–Crippen LogP) is 1.09. The summed E-state index contributed by atoms with van der Waals surface area (Å²) in [5.74, 6) is 1.50. The van der Waals surface area contributed by atoms with E-state index >= 15 is 0 Å². The summed E-state index contributed by atoms with van der Waals surface area (Å²) >= 11 is 0. The van der Waals surface area contributed by atoms with Crippen LogP contribution in [-0.2, 0) is 16.4 Å². The highest BCUT2D eigenvalue weighted by Gasteiger charge is 2.27. The van der Waals surface area contributed by atoms with E-state index in [9.17, 15) is 8.42 Å². The molecule has 0 saturated carbocycles. The zero-order valence-electron chi connectivity index (χ0n) is 12.6. The lowest BCUT2D eigenvalue weighted by Gasteiger charge is -2.15. The van der Waals surface area contributed by atoms with Crippen molar-refractivity contribution < 1.29 is 8.42 Å². The Kier molecular flexibility index (Phi) is 5.22. The van der Waals surface area contributed by atoms with Crippen LogP contribution in [0.3, 0.4) is 0 Å². The van der Waals surface area contributed by atoms with Gasteiger partial charge in [-0.05, 0) is 30.4 Å². The van der Waals surface area contributed by atoms with Gasteiger partial charge in [-0.3, -0.25) is 4.99 Å². The monoisotopic (exact) mass is 309 g/mol. The first-order valence-corrected chi connectivity index (χ1v) is 9.02. The second-order valence-corrected chi connectivity index (χ2v) is 7.73. The molecular formula is C15H23N3O2S. The summed E-state index contributed by atoms with van der Waals surface area (Å²) in [5, 5.41) is 6.47. The van der Waals surface area contributed by atoms with E-state index in [-0.39, 0.29) is 11.7 Å². The Bertz CT molecular complexity index is 611. The van der Waals surface area contributed by atoms with E-state index in [1.54, 1.807) is 7.05 Å². The average Bonchev–Trinajstić information content (AvgIpc) is 2.80. The summed E-state index contributed by atoms with van der Waals surface area (Å²) in [6.45, 7) is 3.43. The van der Waals surface area contributed by atoms with Gasteiger partial charge in [0.2, 0.25) is 0 Å². The van der Waals surface area contributed by atoms with Gasteiger partial charge < -0.3 is 10.6 Å². The molecule has 1 heterocycles. The Morgan fingerprint density at radius 1 is 1.33 bits per heavy atom. The summed E-state index contributed by atoms with van der Waals surface area (Å²) < 4.78 is 22.9. The summed E-state index contributed by atoms with van der Waals surface area (Å²) in [6.07, 6.45) is 0.740. The molecule has 1 aliphatic heterocycles. The van der Waals surface area contributed by atoms with Crippen LogP contribution in [0.15, 0.2) is 29.3 Å². The lowest BCUT2D eigenvalue weighted by molar-refractivity contribution is 0.567. The molecule has 0 aromatic heterocycles. The first-order chi connectivity index (χ1) is 10.00. The Hall–Kier alpha value is -1.56. The maximum atomic E-state index is 11.4. The number of nitrogens with one attached hydrogen (secondary N) is 2. The molecule has 0 amide bonds. The molecule has 2 N–H and O–H groups in total. The zero-order chi connectivity index (χ0) is 15.3. The van der Waals surface area contributed by atoms with Crippen molar-refractivity contribution in [1.82, 2.24) is 10.6 Å². The molecule has 21 heavy (non-hydrogen) atoms. The summed E-state index contributed by atoms with van der Waals surface area (Å²) in [5.41, 5.74) is 2.46. The van der Waals surface area contributed by atoms with Crippen LogP contribution in [-0.4, -0.2) is 39.5 Å². The summed E-state index contributed by atoms with van der Waals surface area (Å²) in [6, 6.07) is 8.20. The lowest BCUT2D eigenvalue weighted by atomic mass is 10.1. The van der Waals surface area contributed by atoms with Crippen LogP contribution in [0.5, 0.6) is 0 Å². The molecule has 1 aliphatic rings. The van der Waals surface area contributed by atoms with E-state index in [0.29, 0.717) is 24.8 Å². The summed E-state index contributed by atoms with van der Waals surface area (Å²) in [4.78, 5) is 4.18. The number of benzene rings is 1. The van der Waals surface area contributed by atoms with Crippen molar-refractivity contribution >= 4 is 15.8 Å². The van der Waals surface area contributed by atoms with Gasteiger partial charge in [0.05, 0.1) is 11.5 Å². The van der Waals surface area contributed by atoms with Gasteiger partial charge in [0, 0.05) is 20.1 Å². The van der Waals surface area contributed by atoms with Crippen LogP contribution in [0.25, 0.3) is 0 Å². The molecule has 5 nitrogen and oxygen atoms in total. The van der Waals surface area contributed by atoms with E-state index in [2.05, 4.69) is 34.7 Å². The number of nitrogens with zero attached hydrogens (tertiary/aromatic N) is 1. The minimum absolute atomic E-state index is 0.187. The number of aliphatic imine (C=N–C) groups is 1. The van der Waals surface area contributed by atoms with Gasteiger partial charge in [-0.1, -0.05) is 24.3 Å². The fourth-order valence-corrected chi connectivity index (χ4v) is 4.34. The number of hydrogen-bond acceptors (Lipinski definition) is 3. The molecule has 1 unspecified atom stereocenters. The van der Waals surface area contributed by atoms with Crippen molar-refractivity contribution in [1.29, 1.82) is 0 Å². The van der Waals surface area contributed by atoms with Gasteiger partial charge in [0.15, 0.2) is 15.8 Å². The van der Waals surface area contributed by atoms with E-state index in [0.717, 1.165) is 6.42 Å². The van der Waals surface area contributed by atoms with Crippen LogP contribution in [0.4, 0.5) is 0 Å². The van der Waals surface area contributed by atoms with Crippen molar-refractivity contribution in [3.63, 3.8) is 0 Å². The number of guanidine groups is 1. The normalized spacial score (nSPS) is 21.2. The smallest absolute Gasteiger partial charge is 0.191 e. The highest BCUT2D eigenvalue weighted by molar-refractivity contribution is 7.91. The van der Waals surface area contributed by atoms with Crippen LogP contribution in [0.2, 0.25) is 0 Å². The maximum absolute atomic E-state index is 11.4. The van der Waals surface area contributed by atoms with Crippen LogP contribution >= 0.6 is 0 Å². The zero-order valence-corrected chi connectivity index (χ0v) is 13.4. The third-order valence-corrected chi connectivity index (χ3v) is 5.65. The topological polar surface area (TPSA) is 70.6 Å². The van der Waals surface area contributed by atoms with Crippen LogP contribution in [0.1, 0.15) is 17.5 Å². The van der Waals surface area contributed by atoms with Crippen molar-refractivity contribution in [2.24, 2.45) is 10.9 Å². The molecular weight excluding hydrogens is 286 g/mol. The van der Waals surface area contributed by atoms with Gasteiger partial charge in [-0.15, -0.1) is 0 Å². The highest BCUT2D eigenvalue weighted by atomic mass is 32.2. The Labute approximate surface area is 126 Å². The second-order valence-electron chi connectivity index (χ2n) is 5.50. The molecule has 0 aliphatic carbocycles. The molecule has 116 valence electrons. The number of aryl methyl sites for hydroxylation is 1. The first kappa shape index (κ1) is 15.8. The van der Waals surface area contributed by atoms with E-state index < -0.39 is 9.84 Å². The van der Waals surface area contributed by atoms with Crippen LogP contribution in [0, 0.1) is 12.8 Å². The van der Waals surface area contributed by atoms with Crippen molar-refractivity contribution in [2.45, 2.75) is 19.9 Å². The molecule has 1 fully saturated rings. The molecule has 0 bridgehead atoms. The Balaban J connectivity index is 1.81. The highest BCUT2D eigenvalue weighted by Crippen LogP contribution is 2.17. The van der Waals surface area contributed by atoms with E-state index in [1.165, 1.54) is 11.1 Å². The Morgan fingerprint density at radius 3 is 2.71 bits per heavy atom. The quantitative estimate of drug-likeness (QED) is 0.645. The summed E-state index contributed by atoms with van der Waals surface area (Å²) in [7, 11) is -1.09. The molecule has 1 aromatic carbocycles. The van der Waals surface area contributed by atoms with Crippen LogP contribution < -0.4 is 10.6 Å². The molecule has 0 spiro atoms. The maximum Gasteiger partial charge on any atom is 0.191 e. The standard InChI is InChI=1S/C15H23N3O2S/c1-12-5-3-4-6-14(12)10-18-15(16-2)17-9-13-7-8-21(19,20)11-13/h3-6,13H,7-11H2,1-2H3,(H2,16,17,18). The molecule has 1 saturated heterocycles. The number of rotatable bonds is 4. The molecule has 6 heteroatoms. The molecule has 1 aromatic rings. The lowest BCUT2D eigenvalue weighted by Crippen LogP contribution is -2.39. The van der Waals surface area contributed by atoms with Crippen molar-refractivity contribution in [2.75, 3.05) is 25.1 Å². The Morgan fingerprint density at radius 2 is 2.10 bits per heavy atom. The molecule has 0 radical (unpaired) electrons. The second kappa shape index (κ2) is 6.93. The predicted molar refractivity (Wildman–Crippen MR) is 86.1 cm³/mol. The minimum atomic E-state index is -2.81. The number of sulfone groups is 1. The van der Waals surface area contributed by atoms with Crippen molar-refractivity contribution in [3.05, 3.63) is 35.4 Å². The van der Waals surface area contributed by atoms with Gasteiger partial charge in [-0.2, -0.15) is 0 Å². The molecule has 1 atom stereocenters.